The van der Waals surface area contributed by atoms with E-state index in [1.54, 1.807) is 43.3 Å². The molecule has 0 saturated heterocycles. The molecule has 0 aliphatic heterocycles. The third-order valence-corrected chi connectivity index (χ3v) is 8.29. The maximum absolute atomic E-state index is 14.1. The number of halogens is 1. The van der Waals surface area contributed by atoms with Gasteiger partial charge >= 0.3 is 0 Å². The number of aryl methyl sites for hydroxylation is 1. The lowest BCUT2D eigenvalue weighted by Gasteiger charge is -2.27. The first-order valence-corrected chi connectivity index (χ1v) is 14.2. The molecule has 0 radical (unpaired) electrons. The Bertz CT molecular complexity index is 1610. The summed E-state index contributed by atoms with van der Waals surface area (Å²) >= 11 is 0. The molecule has 2 aromatic heterocycles. The average Bonchev–Trinajstić information content (AvgIpc) is 3.25. The Morgan fingerprint density at radius 3 is 2.66 bits per heavy atom. The number of nitrogens with zero attached hydrogens (tertiary/aromatic N) is 4. The molecule has 2 heterocycles. The Hall–Kier alpha value is -3.83. The molecule has 1 aliphatic rings. The zero-order valence-electron chi connectivity index (χ0n) is 21.0. The molecule has 5 rings (SSSR count). The topological polar surface area (TPSA) is 118 Å². The lowest BCUT2D eigenvalue weighted by atomic mass is 9.95. The van der Waals surface area contributed by atoms with Crippen molar-refractivity contribution >= 4 is 32.7 Å². The molecular weight excluding hydrogens is 509 g/mol. The van der Waals surface area contributed by atoms with E-state index in [0.29, 0.717) is 58.9 Å². The van der Waals surface area contributed by atoms with Crippen LogP contribution in [0.1, 0.15) is 41.6 Å². The predicted octanol–water partition coefficient (Wildman–Crippen LogP) is 4.90. The summed E-state index contributed by atoms with van der Waals surface area (Å²) in [4.78, 5) is 17.9. The largest absolute Gasteiger partial charge is 0.488 e. The van der Waals surface area contributed by atoms with Gasteiger partial charge in [0.15, 0.2) is 5.82 Å². The Morgan fingerprint density at radius 2 is 1.92 bits per heavy atom. The van der Waals surface area contributed by atoms with Gasteiger partial charge in [-0.3, -0.25) is 4.79 Å². The molecule has 1 amide bonds. The standard InChI is InChI=1S/C27H28FN5O4S/c1-17-22(27(35)32-38(2,36)21-6-4-3-5-7-21)15-33-25(17)26(29-16-30-33)31-23-13-8-18(28)14-24(23)37-20-11-9-19(34)10-12-20/h3-8,13-16,19-20,34H,9-12H2,1-2H3,(H,29,30,31). The molecule has 11 heteroatoms. The molecule has 1 saturated carbocycles. The molecule has 38 heavy (non-hydrogen) atoms. The van der Waals surface area contributed by atoms with E-state index in [4.69, 9.17) is 4.74 Å². The van der Waals surface area contributed by atoms with Crippen LogP contribution in [0.4, 0.5) is 15.9 Å². The number of amides is 1. The molecule has 2 N–H and O–H groups in total. The van der Waals surface area contributed by atoms with Gasteiger partial charge in [0, 0.05) is 23.4 Å². The fraction of sp³-hybridized carbons (Fsp3) is 0.296. The second kappa shape index (κ2) is 10.5. The molecular formula is C27H28FN5O4S. The van der Waals surface area contributed by atoms with Gasteiger partial charge in [0.25, 0.3) is 5.91 Å². The van der Waals surface area contributed by atoms with Crippen LogP contribution in [-0.2, 0) is 9.73 Å². The van der Waals surface area contributed by atoms with E-state index in [1.165, 1.54) is 35.4 Å². The number of fused-ring (bicyclic) bond motifs is 1. The Morgan fingerprint density at radius 1 is 1.18 bits per heavy atom. The van der Waals surface area contributed by atoms with E-state index in [1.807, 2.05) is 0 Å². The van der Waals surface area contributed by atoms with Crippen molar-refractivity contribution in [2.24, 2.45) is 4.36 Å². The summed E-state index contributed by atoms with van der Waals surface area (Å²) in [5.41, 5.74) is 1.81. The van der Waals surface area contributed by atoms with Crippen molar-refractivity contribution in [1.29, 1.82) is 0 Å². The van der Waals surface area contributed by atoms with Gasteiger partial charge in [0.1, 0.15) is 23.4 Å². The summed E-state index contributed by atoms with van der Waals surface area (Å²) in [5.74, 6) is -0.357. The van der Waals surface area contributed by atoms with Gasteiger partial charge in [-0.1, -0.05) is 18.2 Å². The minimum absolute atomic E-state index is 0.138. The second-order valence-corrected chi connectivity index (χ2v) is 11.7. The lowest BCUT2D eigenvalue weighted by Crippen LogP contribution is -2.26. The summed E-state index contributed by atoms with van der Waals surface area (Å²) in [6.45, 7) is 1.74. The van der Waals surface area contributed by atoms with Crippen molar-refractivity contribution < 1.29 is 23.2 Å². The minimum Gasteiger partial charge on any atom is -0.488 e. The first-order chi connectivity index (χ1) is 18.2. The Labute approximate surface area is 219 Å². The molecule has 198 valence electrons. The van der Waals surface area contributed by atoms with Crippen molar-refractivity contribution in [3.63, 3.8) is 0 Å². The van der Waals surface area contributed by atoms with Crippen LogP contribution in [0.2, 0.25) is 0 Å². The highest BCUT2D eigenvalue weighted by Gasteiger charge is 2.23. The number of carbonyl (C=O) groups is 1. The summed E-state index contributed by atoms with van der Waals surface area (Å²) in [7, 11) is -2.95. The van der Waals surface area contributed by atoms with Crippen LogP contribution in [-0.4, -0.2) is 48.3 Å². The van der Waals surface area contributed by atoms with Crippen molar-refractivity contribution in [1.82, 2.24) is 14.6 Å². The van der Waals surface area contributed by atoms with Crippen molar-refractivity contribution in [2.75, 3.05) is 11.6 Å². The maximum Gasteiger partial charge on any atom is 0.287 e. The van der Waals surface area contributed by atoms with Crippen LogP contribution in [0, 0.1) is 12.7 Å². The van der Waals surface area contributed by atoms with E-state index < -0.39 is 21.5 Å². The summed E-state index contributed by atoms with van der Waals surface area (Å²) in [5, 5.41) is 17.2. The maximum atomic E-state index is 14.1. The average molecular weight is 538 g/mol. The van der Waals surface area contributed by atoms with Crippen molar-refractivity contribution in [3.05, 3.63) is 78.0 Å². The molecule has 0 spiro atoms. The van der Waals surface area contributed by atoms with Crippen LogP contribution in [0.5, 0.6) is 5.75 Å². The van der Waals surface area contributed by atoms with Crippen LogP contribution >= 0.6 is 0 Å². The monoisotopic (exact) mass is 537 g/mol. The van der Waals surface area contributed by atoms with E-state index in [0.717, 1.165) is 0 Å². The van der Waals surface area contributed by atoms with Gasteiger partial charge in [0.05, 0.1) is 33.2 Å². The zero-order valence-corrected chi connectivity index (χ0v) is 21.8. The molecule has 9 nitrogen and oxygen atoms in total. The van der Waals surface area contributed by atoms with Crippen molar-refractivity contribution in [3.8, 4) is 5.75 Å². The van der Waals surface area contributed by atoms with Gasteiger partial charge in [-0.05, 0) is 62.4 Å². The molecule has 1 atom stereocenters. The number of ether oxygens (including phenoxy) is 1. The summed E-state index contributed by atoms with van der Waals surface area (Å²) < 4.78 is 38.9. The number of aromatic nitrogens is 3. The Kier molecular flexibility index (Phi) is 7.13. The van der Waals surface area contributed by atoms with E-state index in [2.05, 4.69) is 19.8 Å². The summed E-state index contributed by atoms with van der Waals surface area (Å²) in [6, 6.07) is 12.8. The number of aliphatic hydroxyl groups is 1. The Balaban J connectivity index is 1.47. The number of hydrogen-bond acceptors (Lipinski definition) is 7. The quantitative estimate of drug-likeness (QED) is 0.359. The second-order valence-electron chi connectivity index (χ2n) is 9.40. The molecule has 2 aromatic carbocycles. The van der Waals surface area contributed by atoms with E-state index in [-0.39, 0.29) is 17.8 Å². The van der Waals surface area contributed by atoms with Gasteiger partial charge in [0.2, 0.25) is 0 Å². The van der Waals surface area contributed by atoms with Gasteiger partial charge < -0.3 is 15.2 Å². The van der Waals surface area contributed by atoms with Gasteiger partial charge in [-0.15, -0.1) is 0 Å². The van der Waals surface area contributed by atoms with Crippen LogP contribution < -0.4 is 10.1 Å². The fourth-order valence-electron chi connectivity index (χ4n) is 4.57. The predicted molar refractivity (Wildman–Crippen MR) is 142 cm³/mol. The van der Waals surface area contributed by atoms with Crippen LogP contribution in [0.3, 0.4) is 0 Å². The minimum atomic E-state index is -2.95. The number of hydrogen-bond donors (Lipinski definition) is 2. The van der Waals surface area contributed by atoms with Crippen LogP contribution in [0.25, 0.3) is 5.52 Å². The SMILES string of the molecule is Cc1c(C(=O)N=S(C)(=O)c2ccccc2)cn2ncnc(Nc3ccc(F)cc3OC3CCC(O)CC3)c12. The van der Waals surface area contributed by atoms with Gasteiger partial charge in [-0.25, -0.2) is 18.1 Å². The fourth-order valence-corrected chi connectivity index (χ4v) is 5.75. The normalized spacial score (nSPS) is 19.1. The molecule has 4 aromatic rings. The number of carbonyl (C=O) groups excluding carboxylic acids is 1. The molecule has 0 bridgehead atoms. The molecule has 1 unspecified atom stereocenters. The van der Waals surface area contributed by atoms with Crippen LogP contribution in [0.15, 0.2) is 70.3 Å². The first-order valence-electron chi connectivity index (χ1n) is 12.3. The highest BCUT2D eigenvalue weighted by Crippen LogP contribution is 2.34. The number of aliphatic hydroxyl groups excluding tert-OH is 1. The highest BCUT2D eigenvalue weighted by atomic mass is 32.2. The van der Waals surface area contributed by atoms with E-state index in [9.17, 15) is 18.5 Å². The molecule has 1 aliphatic carbocycles. The third kappa shape index (κ3) is 5.39. The highest BCUT2D eigenvalue weighted by molar-refractivity contribution is 7.93. The number of benzene rings is 2. The first kappa shape index (κ1) is 25.8. The third-order valence-electron chi connectivity index (χ3n) is 6.63. The number of rotatable bonds is 6. The number of anilines is 2. The smallest absolute Gasteiger partial charge is 0.287 e. The van der Waals surface area contributed by atoms with E-state index >= 15 is 0 Å². The molecule has 1 fully saturated rings. The summed E-state index contributed by atoms with van der Waals surface area (Å²) in [6.07, 6.45) is 6.44. The number of nitrogens with one attached hydrogen (secondary N) is 1. The van der Waals surface area contributed by atoms with Crippen molar-refractivity contribution in [2.45, 2.75) is 49.7 Å². The van der Waals surface area contributed by atoms with Gasteiger partial charge in [-0.2, -0.15) is 9.46 Å². The zero-order chi connectivity index (χ0) is 26.9. The lowest BCUT2D eigenvalue weighted by molar-refractivity contribution is 0.0668.